The summed E-state index contributed by atoms with van der Waals surface area (Å²) in [5.41, 5.74) is 5.29. The number of rotatable bonds is 8. The molecule has 1 fully saturated rings. The van der Waals surface area contributed by atoms with Crippen molar-refractivity contribution in [2.75, 3.05) is 11.9 Å². The van der Waals surface area contributed by atoms with Gasteiger partial charge in [-0.05, 0) is 54.2 Å². The molecule has 0 aliphatic heterocycles. The van der Waals surface area contributed by atoms with Crippen LogP contribution in [-0.2, 0) is 21.4 Å². The summed E-state index contributed by atoms with van der Waals surface area (Å²) < 4.78 is 10.8. The maximum atomic E-state index is 12.4. The van der Waals surface area contributed by atoms with Crippen LogP contribution in [0.5, 0.6) is 0 Å². The average Bonchev–Trinajstić information content (AvgIpc) is 3.69. The molecule has 5 rings (SSSR count). The molecule has 1 heterocycles. The molecule has 1 aromatic heterocycles. The zero-order chi connectivity index (χ0) is 26.7. The van der Waals surface area contributed by atoms with Crippen molar-refractivity contribution in [3.8, 4) is 28.5 Å². The largest absolute Gasteiger partial charge is 0.481 e. The molecule has 1 saturated carbocycles. The number of nitrogens with one attached hydrogen (secondary N) is 1. The molecule has 38 heavy (non-hydrogen) atoms. The summed E-state index contributed by atoms with van der Waals surface area (Å²) in [5.74, 6) is -0.345. The van der Waals surface area contributed by atoms with E-state index in [0.29, 0.717) is 42.0 Å². The third kappa shape index (κ3) is 5.00. The van der Waals surface area contributed by atoms with Gasteiger partial charge in [0.05, 0.1) is 23.7 Å². The predicted molar refractivity (Wildman–Crippen MR) is 140 cm³/mol. The molecule has 0 unspecified atom stereocenters. The zero-order valence-electron chi connectivity index (χ0n) is 20.7. The van der Waals surface area contributed by atoms with Gasteiger partial charge in [-0.2, -0.15) is 5.26 Å². The molecule has 4 aromatic rings. The minimum Gasteiger partial charge on any atom is -0.481 e. The molecule has 1 aliphatic carbocycles. The van der Waals surface area contributed by atoms with Gasteiger partial charge < -0.3 is 14.4 Å². The lowest BCUT2D eigenvalue weighted by Crippen LogP contribution is -2.19. The van der Waals surface area contributed by atoms with Crippen LogP contribution in [0.25, 0.3) is 22.5 Å². The molecule has 0 atom stereocenters. The van der Waals surface area contributed by atoms with E-state index in [1.165, 1.54) is 0 Å². The van der Waals surface area contributed by atoms with E-state index in [9.17, 15) is 14.7 Å². The van der Waals surface area contributed by atoms with Crippen LogP contribution in [-0.4, -0.2) is 28.9 Å². The first-order valence-electron chi connectivity index (χ1n) is 12.2. The van der Waals surface area contributed by atoms with Gasteiger partial charge >= 0.3 is 12.1 Å². The highest BCUT2D eigenvalue weighted by molar-refractivity contribution is 5.91. The van der Waals surface area contributed by atoms with Gasteiger partial charge in [0.1, 0.15) is 11.4 Å². The van der Waals surface area contributed by atoms with Crippen LogP contribution >= 0.6 is 0 Å². The number of nitriles is 1. The topological polar surface area (TPSA) is 125 Å². The number of hydrogen-bond acceptors (Lipinski definition) is 6. The van der Waals surface area contributed by atoms with Crippen molar-refractivity contribution in [3.63, 3.8) is 0 Å². The van der Waals surface area contributed by atoms with Crippen LogP contribution in [0, 0.1) is 18.3 Å². The molecule has 3 aromatic carbocycles. The van der Waals surface area contributed by atoms with E-state index >= 15 is 0 Å². The maximum absolute atomic E-state index is 12.4. The van der Waals surface area contributed by atoms with E-state index in [2.05, 4.69) is 16.5 Å². The lowest BCUT2D eigenvalue weighted by Gasteiger charge is -2.11. The minimum atomic E-state index is -0.767. The number of carboxylic acid groups (broad SMARTS) is 1. The van der Waals surface area contributed by atoms with Crippen molar-refractivity contribution in [1.82, 2.24) is 5.16 Å². The molecule has 1 aliphatic rings. The molecular formula is C30H25N3O5. The Morgan fingerprint density at radius 2 is 1.61 bits per heavy atom. The van der Waals surface area contributed by atoms with Crippen molar-refractivity contribution in [2.45, 2.75) is 31.6 Å². The van der Waals surface area contributed by atoms with Crippen molar-refractivity contribution in [3.05, 3.63) is 95.2 Å². The number of carboxylic acids is 1. The quantitative estimate of drug-likeness (QED) is 0.295. The molecule has 0 radical (unpaired) electrons. The van der Waals surface area contributed by atoms with Gasteiger partial charge in [0.15, 0.2) is 5.76 Å². The average molecular weight is 508 g/mol. The van der Waals surface area contributed by atoms with Gasteiger partial charge in [0.2, 0.25) is 0 Å². The van der Waals surface area contributed by atoms with Gasteiger partial charge in [-0.1, -0.05) is 65.8 Å². The van der Waals surface area contributed by atoms with E-state index in [0.717, 1.165) is 27.8 Å². The fraction of sp³-hybridized carbons (Fsp3) is 0.200. The minimum absolute atomic E-state index is 0.179. The number of aromatic nitrogens is 1. The molecular weight excluding hydrogens is 482 g/mol. The number of aliphatic carboxylic acids is 1. The van der Waals surface area contributed by atoms with Crippen molar-refractivity contribution >= 4 is 17.7 Å². The van der Waals surface area contributed by atoms with Gasteiger partial charge in [0, 0.05) is 12.0 Å². The summed E-state index contributed by atoms with van der Waals surface area (Å²) in [6, 6.07) is 24.5. The Morgan fingerprint density at radius 3 is 2.18 bits per heavy atom. The molecule has 1 amide bonds. The molecule has 8 nitrogen and oxygen atoms in total. The van der Waals surface area contributed by atoms with Gasteiger partial charge in [-0.25, -0.2) is 4.79 Å². The first-order valence-corrected chi connectivity index (χ1v) is 12.2. The Morgan fingerprint density at radius 1 is 1.00 bits per heavy atom. The number of amides is 1. The van der Waals surface area contributed by atoms with Crippen LogP contribution in [0.1, 0.15) is 35.2 Å². The summed E-state index contributed by atoms with van der Waals surface area (Å²) >= 11 is 0. The monoisotopic (exact) mass is 507 g/mol. The highest BCUT2D eigenvalue weighted by Gasteiger charge is 2.51. The van der Waals surface area contributed by atoms with Gasteiger partial charge in [-0.3, -0.25) is 10.1 Å². The van der Waals surface area contributed by atoms with E-state index in [-0.39, 0.29) is 6.61 Å². The number of aryl methyl sites for hydroxylation is 1. The number of nitrogens with zero attached hydrogens (tertiary/aromatic N) is 2. The standard InChI is InChI=1S/C30H25N3O5/c1-19-26(32-29(36)37-17-14-20-2-4-21(18-31)5-3-20)27(38-33-19)24-8-6-22(7-9-24)23-10-12-25(13-11-23)30(15-16-30)28(34)35/h2-13H,14-17H2,1H3,(H,32,36)(H,34,35). The third-order valence-corrected chi connectivity index (χ3v) is 6.87. The van der Waals surface area contributed by atoms with Crippen molar-refractivity contribution < 1.29 is 24.0 Å². The van der Waals surface area contributed by atoms with Crippen LogP contribution in [0.2, 0.25) is 0 Å². The maximum Gasteiger partial charge on any atom is 0.411 e. The first-order chi connectivity index (χ1) is 18.4. The Hall–Kier alpha value is -4.90. The fourth-order valence-electron chi connectivity index (χ4n) is 4.41. The van der Waals surface area contributed by atoms with Crippen molar-refractivity contribution in [2.24, 2.45) is 0 Å². The number of benzene rings is 3. The zero-order valence-corrected chi connectivity index (χ0v) is 20.7. The summed E-state index contributed by atoms with van der Waals surface area (Å²) in [6.45, 7) is 1.91. The molecule has 8 heteroatoms. The smallest absolute Gasteiger partial charge is 0.411 e. The second-order valence-corrected chi connectivity index (χ2v) is 9.33. The normalized spacial score (nSPS) is 13.4. The number of ether oxygens (including phenoxy) is 1. The van der Waals surface area contributed by atoms with Crippen molar-refractivity contribution in [1.29, 1.82) is 5.26 Å². The Bertz CT molecular complexity index is 1510. The van der Waals surface area contributed by atoms with Gasteiger partial charge in [-0.15, -0.1) is 0 Å². The highest BCUT2D eigenvalue weighted by atomic mass is 16.5. The lowest BCUT2D eigenvalue weighted by atomic mass is 9.93. The summed E-state index contributed by atoms with van der Waals surface area (Å²) in [6.07, 6.45) is 1.26. The Labute approximate surface area is 219 Å². The highest BCUT2D eigenvalue weighted by Crippen LogP contribution is 2.48. The van der Waals surface area contributed by atoms with Gasteiger partial charge in [0.25, 0.3) is 0 Å². The molecule has 0 bridgehead atoms. The molecule has 0 saturated heterocycles. The SMILES string of the molecule is Cc1noc(-c2ccc(-c3ccc(C4(C(=O)O)CC4)cc3)cc2)c1NC(=O)OCCc1ccc(C#N)cc1. The third-order valence-electron chi connectivity index (χ3n) is 6.87. The number of carbonyl (C=O) groups excluding carboxylic acids is 1. The Balaban J connectivity index is 1.23. The van der Waals surface area contributed by atoms with Crippen LogP contribution in [0.4, 0.5) is 10.5 Å². The van der Waals surface area contributed by atoms with E-state index in [1.807, 2.05) is 60.7 Å². The van der Waals surface area contributed by atoms with E-state index < -0.39 is 17.5 Å². The van der Waals surface area contributed by atoms with Crippen LogP contribution in [0.15, 0.2) is 77.3 Å². The molecule has 0 spiro atoms. The molecule has 190 valence electrons. The summed E-state index contributed by atoms with van der Waals surface area (Å²) in [5, 5.41) is 25.1. The summed E-state index contributed by atoms with van der Waals surface area (Å²) in [7, 11) is 0. The van der Waals surface area contributed by atoms with Crippen LogP contribution < -0.4 is 5.32 Å². The Kier molecular flexibility index (Phi) is 6.67. The summed E-state index contributed by atoms with van der Waals surface area (Å²) in [4.78, 5) is 24.0. The second-order valence-electron chi connectivity index (χ2n) is 9.33. The van der Waals surface area contributed by atoms with E-state index in [1.54, 1.807) is 19.1 Å². The lowest BCUT2D eigenvalue weighted by molar-refractivity contribution is -0.140. The first kappa shape index (κ1) is 24.8. The molecule has 2 N–H and O–H groups in total. The van der Waals surface area contributed by atoms with E-state index in [4.69, 9.17) is 14.5 Å². The number of carbonyl (C=O) groups is 2. The fourth-order valence-corrected chi connectivity index (χ4v) is 4.41. The second kappa shape index (κ2) is 10.2. The number of hydrogen-bond donors (Lipinski definition) is 2. The van der Waals surface area contributed by atoms with Crippen LogP contribution in [0.3, 0.4) is 0 Å². The number of anilines is 1. The predicted octanol–water partition coefficient (Wildman–Crippen LogP) is 6.10.